The second kappa shape index (κ2) is 9.69. The zero-order chi connectivity index (χ0) is 30.2. The van der Waals surface area contributed by atoms with Gasteiger partial charge >= 0.3 is 0 Å². The van der Waals surface area contributed by atoms with E-state index in [0.717, 1.165) is 28.1 Å². The molecule has 0 amide bonds. The summed E-state index contributed by atoms with van der Waals surface area (Å²) in [5.74, 6) is 1.81. The van der Waals surface area contributed by atoms with Gasteiger partial charge in [-0.2, -0.15) is 0 Å². The van der Waals surface area contributed by atoms with Gasteiger partial charge in [-0.15, -0.1) is 0 Å². The van der Waals surface area contributed by atoms with E-state index < -0.39 is 0 Å². The van der Waals surface area contributed by atoms with Gasteiger partial charge in [-0.05, 0) is 80.4 Å². The first-order valence-electron chi connectivity index (χ1n) is 15.8. The number of hydrogen-bond acceptors (Lipinski definition) is 1. The Morgan fingerprint density at radius 3 is 1.80 bits per heavy atom. The van der Waals surface area contributed by atoms with Gasteiger partial charge in [0.15, 0.2) is 0 Å². The fraction of sp³-hybridized carbons (Fsp3) is 0. The lowest BCUT2D eigenvalue weighted by atomic mass is 9.86. The Morgan fingerprint density at radius 2 is 0.957 bits per heavy atom. The van der Waals surface area contributed by atoms with Gasteiger partial charge in [0.25, 0.3) is 0 Å². The molecule has 1 aliphatic heterocycles. The van der Waals surface area contributed by atoms with Crippen molar-refractivity contribution in [2.75, 3.05) is 0 Å². The molecule has 1 aliphatic rings. The fourth-order valence-electron chi connectivity index (χ4n) is 7.68. The van der Waals surface area contributed by atoms with E-state index in [2.05, 4.69) is 162 Å². The van der Waals surface area contributed by atoms with Crippen LogP contribution in [0.5, 0.6) is 11.5 Å². The molecule has 214 valence electrons. The van der Waals surface area contributed by atoms with E-state index in [1.54, 1.807) is 0 Å². The summed E-state index contributed by atoms with van der Waals surface area (Å²) in [5.41, 5.74) is 10.8. The molecular formula is C44H27NO. The smallest absolute Gasteiger partial charge is 0.135 e. The predicted molar refractivity (Wildman–Crippen MR) is 192 cm³/mol. The normalized spacial score (nSPS) is 12.1. The summed E-state index contributed by atoms with van der Waals surface area (Å²) >= 11 is 0. The van der Waals surface area contributed by atoms with E-state index in [0.29, 0.717) is 0 Å². The highest BCUT2D eigenvalue weighted by molar-refractivity contribution is 6.25. The van der Waals surface area contributed by atoms with Crippen molar-refractivity contribution in [3.63, 3.8) is 0 Å². The van der Waals surface area contributed by atoms with Gasteiger partial charge in [0.2, 0.25) is 0 Å². The molecule has 2 heteroatoms. The van der Waals surface area contributed by atoms with Crippen molar-refractivity contribution in [2.24, 2.45) is 0 Å². The van der Waals surface area contributed by atoms with Crippen LogP contribution in [0, 0.1) is 0 Å². The molecule has 0 N–H and O–H groups in total. The first-order chi connectivity index (χ1) is 22.8. The van der Waals surface area contributed by atoms with Crippen molar-refractivity contribution in [3.8, 4) is 50.6 Å². The summed E-state index contributed by atoms with van der Waals surface area (Å²) in [4.78, 5) is 0. The lowest BCUT2D eigenvalue weighted by Gasteiger charge is -2.23. The molecule has 0 aliphatic carbocycles. The minimum Gasteiger partial charge on any atom is -0.456 e. The molecule has 2 nitrogen and oxygen atoms in total. The largest absolute Gasteiger partial charge is 0.456 e. The second-order valence-electron chi connectivity index (χ2n) is 12.0. The highest BCUT2D eigenvalue weighted by atomic mass is 16.5. The fourth-order valence-corrected chi connectivity index (χ4v) is 7.68. The maximum absolute atomic E-state index is 6.44. The predicted octanol–water partition coefficient (Wildman–Crippen LogP) is 12.2. The van der Waals surface area contributed by atoms with Crippen LogP contribution in [-0.2, 0) is 0 Å². The summed E-state index contributed by atoms with van der Waals surface area (Å²) in [6, 6.07) is 59.0. The third-order valence-corrected chi connectivity index (χ3v) is 9.60. The SMILES string of the molecule is c1ccc(-n2c3ccccc3c3c4ccccc4c(-c4ccccc4-c4ccc5c6c(cccc46)-c4ccccc4O5)cc32)cc1. The Bertz CT molecular complexity index is 2660. The van der Waals surface area contributed by atoms with Crippen LogP contribution in [0.1, 0.15) is 0 Å². The summed E-state index contributed by atoms with van der Waals surface area (Å²) in [5, 5.41) is 7.42. The Kier molecular flexibility index (Phi) is 5.31. The number of para-hydroxylation sites is 3. The minimum atomic E-state index is 0.907. The number of fused-ring (bicyclic) bond motifs is 7. The molecule has 0 saturated heterocycles. The molecule has 2 heterocycles. The van der Waals surface area contributed by atoms with Crippen molar-refractivity contribution in [1.82, 2.24) is 4.57 Å². The van der Waals surface area contributed by atoms with E-state index in [1.165, 1.54) is 65.8 Å². The maximum Gasteiger partial charge on any atom is 0.135 e. The van der Waals surface area contributed by atoms with Crippen LogP contribution < -0.4 is 4.74 Å². The Morgan fingerprint density at radius 1 is 0.326 bits per heavy atom. The van der Waals surface area contributed by atoms with E-state index in [1.807, 2.05) is 6.07 Å². The molecule has 0 spiro atoms. The molecule has 0 atom stereocenters. The van der Waals surface area contributed by atoms with Crippen molar-refractivity contribution in [1.29, 1.82) is 0 Å². The number of rotatable bonds is 3. The Hall–Kier alpha value is -6.12. The quantitative estimate of drug-likeness (QED) is 0.201. The molecule has 10 rings (SSSR count). The first kappa shape index (κ1) is 25.2. The standard InChI is InChI=1S/C44H27NO/c1-2-13-28(14-3-1)45-39-23-10-8-20-37(39)43-34-19-7-6-17-31(34)38(27-40(43)45)30-16-5-4-15-29(30)32-25-26-42-44-35(32)21-12-22-36(44)33-18-9-11-24-41(33)46-42/h1-27H. The maximum atomic E-state index is 6.44. The van der Waals surface area contributed by atoms with Crippen LogP contribution in [0.15, 0.2) is 164 Å². The molecule has 8 aromatic carbocycles. The molecule has 0 bridgehead atoms. The molecule has 0 unspecified atom stereocenters. The molecular weight excluding hydrogens is 558 g/mol. The van der Waals surface area contributed by atoms with Crippen LogP contribution in [-0.4, -0.2) is 4.57 Å². The van der Waals surface area contributed by atoms with Gasteiger partial charge in [0.1, 0.15) is 11.5 Å². The molecule has 1 aromatic heterocycles. The number of nitrogens with zero attached hydrogens (tertiary/aromatic N) is 1. The molecule has 0 saturated carbocycles. The number of ether oxygens (including phenoxy) is 1. The van der Waals surface area contributed by atoms with Crippen molar-refractivity contribution < 1.29 is 4.74 Å². The van der Waals surface area contributed by atoms with Gasteiger partial charge in [-0.3, -0.25) is 0 Å². The third-order valence-electron chi connectivity index (χ3n) is 9.60. The molecule has 0 fully saturated rings. The van der Waals surface area contributed by atoms with Crippen LogP contribution in [0.25, 0.3) is 82.4 Å². The number of benzene rings is 8. The van der Waals surface area contributed by atoms with Crippen LogP contribution in [0.4, 0.5) is 0 Å². The minimum absolute atomic E-state index is 0.907. The Balaban J connectivity index is 1.29. The van der Waals surface area contributed by atoms with Gasteiger partial charge < -0.3 is 9.30 Å². The first-order valence-corrected chi connectivity index (χ1v) is 15.8. The summed E-state index contributed by atoms with van der Waals surface area (Å²) < 4.78 is 8.86. The average Bonchev–Trinajstić information content (AvgIpc) is 3.46. The summed E-state index contributed by atoms with van der Waals surface area (Å²) in [6.45, 7) is 0. The highest BCUT2D eigenvalue weighted by Crippen LogP contribution is 2.50. The lowest BCUT2D eigenvalue weighted by molar-refractivity contribution is 0.487. The van der Waals surface area contributed by atoms with Crippen LogP contribution in [0.3, 0.4) is 0 Å². The van der Waals surface area contributed by atoms with Crippen LogP contribution in [0.2, 0.25) is 0 Å². The second-order valence-corrected chi connectivity index (χ2v) is 12.0. The van der Waals surface area contributed by atoms with Crippen LogP contribution >= 0.6 is 0 Å². The van der Waals surface area contributed by atoms with E-state index in [4.69, 9.17) is 4.74 Å². The molecule has 46 heavy (non-hydrogen) atoms. The monoisotopic (exact) mass is 585 g/mol. The zero-order valence-electron chi connectivity index (χ0n) is 24.9. The Labute approximate surface area is 266 Å². The average molecular weight is 586 g/mol. The topological polar surface area (TPSA) is 14.2 Å². The summed E-state index contributed by atoms with van der Waals surface area (Å²) in [6.07, 6.45) is 0. The van der Waals surface area contributed by atoms with Gasteiger partial charge in [0, 0.05) is 27.4 Å². The molecule has 0 radical (unpaired) electrons. The lowest BCUT2D eigenvalue weighted by Crippen LogP contribution is -1.98. The molecule has 9 aromatic rings. The van der Waals surface area contributed by atoms with Gasteiger partial charge in [-0.1, -0.05) is 127 Å². The third kappa shape index (κ3) is 3.53. The zero-order valence-corrected chi connectivity index (χ0v) is 24.9. The van der Waals surface area contributed by atoms with Crippen molar-refractivity contribution in [3.05, 3.63) is 164 Å². The van der Waals surface area contributed by atoms with E-state index >= 15 is 0 Å². The van der Waals surface area contributed by atoms with Gasteiger partial charge in [-0.25, -0.2) is 0 Å². The van der Waals surface area contributed by atoms with E-state index in [9.17, 15) is 0 Å². The number of hydrogen-bond donors (Lipinski definition) is 0. The number of aromatic nitrogens is 1. The van der Waals surface area contributed by atoms with Gasteiger partial charge in [0.05, 0.1) is 11.0 Å². The summed E-state index contributed by atoms with van der Waals surface area (Å²) in [7, 11) is 0. The highest BCUT2D eigenvalue weighted by Gasteiger charge is 2.23. The van der Waals surface area contributed by atoms with E-state index in [-0.39, 0.29) is 0 Å². The van der Waals surface area contributed by atoms with Crippen molar-refractivity contribution in [2.45, 2.75) is 0 Å². The van der Waals surface area contributed by atoms with Crippen molar-refractivity contribution >= 4 is 43.4 Å².